The second kappa shape index (κ2) is 4.62. The fraction of sp³-hybridized carbons (Fsp3) is 0.0769. The molecule has 0 atom stereocenters. The summed E-state index contributed by atoms with van der Waals surface area (Å²) in [4.78, 5) is 8.49. The maximum absolute atomic E-state index is 5.74. The van der Waals surface area contributed by atoms with Gasteiger partial charge in [-0.25, -0.2) is 4.98 Å². The number of benzene rings is 1. The minimum Gasteiger partial charge on any atom is -0.485 e. The Morgan fingerprint density at radius 3 is 2.94 bits per heavy atom. The van der Waals surface area contributed by atoms with E-state index in [1.165, 1.54) is 11.3 Å². The Balaban J connectivity index is 1.86. The second-order valence-electron chi connectivity index (χ2n) is 3.80. The van der Waals surface area contributed by atoms with Crippen molar-refractivity contribution in [2.24, 2.45) is 0 Å². The Kier molecular flexibility index (Phi) is 2.82. The van der Waals surface area contributed by atoms with Gasteiger partial charge >= 0.3 is 0 Å². The molecule has 0 fully saturated rings. The zero-order valence-electron chi connectivity index (χ0n) is 9.54. The summed E-state index contributed by atoms with van der Waals surface area (Å²) in [5.41, 5.74) is 7.28. The molecule has 0 bridgehead atoms. The van der Waals surface area contributed by atoms with E-state index in [1.54, 1.807) is 6.20 Å². The van der Waals surface area contributed by atoms with Gasteiger partial charge in [0.15, 0.2) is 5.13 Å². The third-order valence-corrected chi connectivity index (χ3v) is 3.26. The van der Waals surface area contributed by atoms with Crippen molar-refractivity contribution < 1.29 is 4.74 Å². The number of pyridine rings is 1. The monoisotopic (exact) mass is 257 g/mol. The summed E-state index contributed by atoms with van der Waals surface area (Å²) in [6, 6.07) is 9.79. The molecule has 0 aliphatic carbocycles. The summed E-state index contributed by atoms with van der Waals surface area (Å²) >= 11 is 1.41. The van der Waals surface area contributed by atoms with Gasteiger partial charge in [-0.1, -0.05) is 18.2 Å². The lowest BCUT2D eigenvalue weighted by Gasteiger charge is -2.06. The molecule has 2 N–H and O–H groups in total. The molecule has 3 rings (SSSR count). The lowest BCUT2D eigenvalue weighted by Crippen LogP contribution is -1.97. The summed E-state index contributed by atoms with van der Waals surface area (Å²) in [6.45, 7) is 0.406. The SMILES string of the molecule is Nc1nc(COc2cccc3cccnc23)cs1. The highest BCUT2D eigenvalue weighted by molar-refractivity contribution is 7.13. The molecule has 0 saturated carbocycles. The van der Waals surface area contributed by atoms with Crippen LogP contribution in [0.1, 0.15) is 5.69 Å². The van der Waals surface area contributed by atoms with Crippen molar-refractivity contribution in [2.45, 2.75) is 6.61 Å². The van der Waals surface area contributed by atoms with Crippen LogP contribution in [-0.4, -0.2) is 9.97 Å². The Morgan fingerprint density at radius 1 is 1.22 bits per heavy atom. The molecule has 18 heavy (non-hydrogen) atoms. The fourth-order valence-electron chi connectivity index (χ4n) is 1.73. The van der Waals surface area contributed by atoms with Crippen molar-refractivity contribution in [3.8, 4) is 5.75 Å². The molecule has 0 aliphatic heterocycles. The van der Waals surface area contributed by atoms with E-state index in [9.17, 15) is 0 Å². The highest BCUT2D eigenvalue weighted by Gasteiger charge is 2.04. The van der Waals surface area contributed by atoms with Crippen LogP contribution in [0.25, 0.3) is 10.9 Å². The van der Waals surface area contributed by atoms with Crippen molar-refractivity contribution in [1.82, 2.24) is 9.97 Å². The van der Waals surface area contributed by atoms with Crippen LogP contribution in [-0.2, 0) is 6.61 Å². The third-order valence-electron chi connectivity index (χ3n) is 2.54. The van der Waals surface area contributed by atoms with Crippen molar-refractivity contribution in [2.75, 3.05) is 5.73 Å². The number of hydrogen-bond donors (Lipinski definition) is 1. The van der Waals surface area contributed by atoms with Gasteiger partial charge in [-0.15, -0.1) is 11.3 Å². The molecule has 0 radical (unpaired) electrons. The molecular weight excluding hydrogens is 246 g/mol. The molecule has 1 aromatic carbocycles. The lowest BCUT2D eigenvalue weighted by atomic mass is 10.2. The van der Waals surface area contributed by atoms with Gasteiger partial charge in [-0.2, -0.15) is 0 Å². The minimum absolute atomic E-state index is 0.406. The standard InChI is InChI=1S/C13H11N3OS/c14-13-16-10(8-18-13)7-17-11-5-1-3-9-4-2-6-15-12(9)11/h1-6,8H,7H2,(H2,14,16). The first-order chi connectivity index (χ1) is 8.83. The summed E-state index contributed by atoms with van der Waals surface area (Å²) in [6.07, 6.45) is 1.76. The zero-order chi connectivity index (χ0) is 12.4. The number of fused-ring (bicyclic) bond motifs is 1. The Labute approximate surface area is 108 Å². The van der Waals surface area contributed by atoms with Gasteiger partial charge in [0.1, 0.15) is 17.9 Å². The van der Waals surface area contributed by atoms with E-state index in [4.69, 9.17) is 10.5 Å². The fourth-order valence-corrected chi connectivity index (χ4v) is 2.28. The first kappa shape index (κ1) is 11.0. The topological polar surface area (TPSA) is 61.0 Å². The Morgan fingerprint density at radius 2 is 2.11 bits per heavy atom. The number of hydrogen-bond acceptors (Lipinski definition) is 5. The van der Waals surface area contributed by atoms with Gasteiger partial charge in [0, 0.05) is 17.0 Å². The number of nitrogens with zero attached hydrogens (tertiary/aromatic N) is 2. The van der Waals surface area contributed by atoms with E-state index in [1.807, 2.05) is 35.7 Å². The van der Waals surface area contributed by atoms with Crippen LogP contribution >= 0.6 is 11.3 Å². The molecule has 0 aliphatic rings. The molecule has 5 heteroatoms. The number of anilines is 1. The number of ether oxygens (including phenoxy) is 1. The first-order valence-electron chi connectivity index (χ1n) is 5.49. The van der Waals surface area contributed by atoms with Crippen molar-refractivity contribution in [3.63, 3.8) is 0 Å². The molecule has 2 heterocycles. The van der Waals surface area contributed by atoms with Gasteiger partial charge in [0.05, 0.1) is 5.69 Å². The van der Waals surface area contributed by atoms with Gasteiger partial charge in [-0.3, -0.25) is 4.98 Å². The molecule has 2 aromatic heterocycles. The highest BCUT2D eigenvalue weighted by Crippen LogP contribution is 2.24. The Bertz CT molecular complexity index is 675. The zero-order valence-corrected chi connectivity index (χ0v) is 10.4. The van der Waals surface area contributed by atoms with Gasteiger partial charge in [0.2, 0.25) is 0 Å². The van der Waals surface area contributed by atoms with E-state index in [0.29, 0.717) is 11.7 Å². The van der Waals surface area contributed by atoms with Crippen LogP contribution in [0.15, 0.2) is 41.9 Å². The van der Waals surface area contributed by atoms with Crippen LogP contribution in [0.2, 0.25) is 0 Å². The quantitative estimate of drug-likeness (QED) is 0.783. The maximum Gasteiger partial charge on any atom is 0.180 e. The molecule has 3 aromatic rings. The van der Waals surface area contributed by atoms with Crippen molar-refractivity contribution in [3.05, 3.63) is 47.6 Å². The number of rotatable bonds is 3. The molecular formula is C13H11N3OS. The normalized spacial score (nSPS) is 10.7. The summed E-state index contributed by atoms with van der Waals surface area (Å²) in [5, 5.41) is 3.52. The van der Waals surface area contributed by atoms with Gasteiger partial charge in [-0.05, 0) is 12.1 Å². The van der Waals surface area contributed by atoms with Crippen LogP contribution in [0.5, 0.6) is 5.75 Å². The number of aromatic nitrogens is 2. The average molecular weight is 257 g/mol. The van der Waals surface area contributed by atoms with E-state index in [0.717, 1.165) is 22.3 Å². The van der Waals surface area contributed by atoms with E-state index in [-0.39, 0.29) is 0 Å². The van der Waals surface area contributed by atoms with E-state index < -0.39 is 0 Å². The van der Waals surface area contributed by atoms with Crippen LogP contribution in [0, 0.1) is 0 Å². The molecule has 0 spiro atoms. The predicted octanol–water partition coefficient (Wildman–Crippen LogP) is 2.85. The molecule has 90 valence electrons. The van der Waals surface area contributed by atoms with Crippen LogP contribution in [0.4, 0.5) is 5.13 Å². The van der Waals surface area contributed by atoms with Crippen molar-refractivity contribution >= 4 is 27.4 Å². The summed E-state index contributed by atoms with van der Waals surface area (Å²) in [7, 11) is 0. The van der Waals surface area contributed by atoms with E-state index in [2.05, 4.69) is 9.97 Å². The third kappa shape index (κ3) is 2.12. The van der Waals surface area contributed by atoms with Gasteiger partial charge in [0.25, 0.3) is 0 Å². The largest absolute Gasteiger partial charge is 0.485 e. The van der Waals surface area contributed by atoms with Crippen molar-refractivity contribution in [1.29, 1.82) is 0 Å². The Hall–Kier alpha value is -2.14. The second-order valence-corrected chi connectivity index (χ2v) is 4.69. The van der Waals surface area contributed by atoms with Crippen LogP contribution < -0.4 is 10.5 Å². The number of nitrogen functional groups attached to an aromatic ring is 1. The van der Waals surface area contributed by atoms with Gasteiger partial charge < -0.3 is 10.5 Å². The molecule has 0 saturated heterocycles. The number of thiazole rings is 1. The molecule has 0 unspecified atom stereocenters. The average Bonchev–Trinajstić information content (AvgIpc) is 2.82. The van der Waals surface area contributed by atoms with Crippen LogP contribution in [0.3, 0.4) is 0 Å². The van der Waals surface area contributed by atoms with E-state index >= 15 is 0 Å². The first-order valence-corrected chi connectivity index (χ1v) is 6.37. The molecule has 0 amide bonds. The maximum atomic E-state index is 5.74. The summed E-state index contributed by atoms with van der Waals surface area (Å²) < 4.78 is 5.74. The summed E-state index contributed by atoms with van der Waals surface area (Å²) in [5.74, 6) is 0.764. The highest BCUT2D eigenvalue weighted by atomic mass is 32.1. The number of nitrogens with two attached hydrogens (primary N) is 1. The smallest absolute Gasteiger partial charge is 0.180 e. The lowest BCUT2D eigenvalue weighted by molar-refractivity contribution is 0.305. The molecule has 4 nitrogen and oxygen atoms in total. The minimum atomic E-state index is 0.406. The number of para-hydroxylation sites is 1. The predicted molar refractivity (Wildman–Crippen MR) is 72.6 cm³/mol.